The van der Waals surface area contributed by atoms with Crippen LogP contribution in [0.2, 0.25) is 0 Å². The predicted octanol–water partition coefficient (Wildman–Crippen LogP) is 2.12. The minimum absolute atomic E-state index is 0.0532. The first-order valence-electron chi connectivity index (χ1n) is 10.5. The smallest absolute Gasteiger partial charge is 0.387 e. The van der Waals surface area contributed by atoms with E-state index in [1.807, 2.05) is 0 Å². The van der Waals surface area contributed by atoms with Gasteiger partial charge in [-0.15, -0.1) is 0 Å². The lowest BCUT2D eigenvalue weighted by molar-refractivity contribution is -0.0515. The second-order valence-electron chi connectivity index (χ2n) is 8.04. The summed E-state index contributed by atoms with van der Waals surface area (Å²) >= 11 is 0. The normalized spacial score (nSPS) is 19.8. The standard InChI is InChI=1S/C21H26F2N4O5/c1-11(24)18-17(20(29)27-7-6-25-16(28)9-27)26-19(32-18)13-4-5-14(31-21(22)23)15(8-13)30-10-12-2-3-12/h4-5,8,11-12,16,21,25,28H,2-3,6-7,9-10,24H2,1H3/t11?,16-/m0/s1. The maximum atomic E-state index is 13.0. The zero-order chi connectivity index (χ0) is 22.8. The molecule has 1 saturated carbocycles. The molecule has 0 spiro atoms. The lowest BCUT2D eigenvalue weighted by Crippen LogP contribution is -2.52. The molecule has 2 atom stereocenters. The van der Waals surface area contributed by atoms with E-state index in [0.29, 0.717) is 31.2 Å². The number of hydrogen-bond donors (Lipinski definition) is 3. The first kappa shape index (κ1) is 22.4. The summed E-state index contributed by atoms with van der Waals surface area (Å²) in [6.45, 7) is 0.0206. The number of halogens is 2. The Morgan fingerprint density at radius 2 is 2.19 bits per heavy atom. The van der Waals surface area contributed by atoms with E-state index in [2.05, 4.69) is 15.0 Å². The second-order valence-corrected chi connectivity index (χ2v) is 8.04. The van der Waals surface area contributed by atoms with Crippen LogP contribution in [0.4, 0.5) is 8.78 Å². The summed E-state index contributed by atoms with van der Waals surface area (Å²) in [4.78, 5) is 18.9. The number of carbonyl (C=O) groups is 1. The van der Waals surface area contributed by atoms with Crippen LogP contribution in [0.3, 0.4) is 0 Å². The molecule has 2 heterocycles. The van der Waals surface area contributed by atoms with E-state index in [9.17, 15) is 18.7 Å². The van der Waals surface area contributed by atoms with Gasteiger partial charge in [0.15, 0.2) is 23.0 Å². The largest absolute Gasteiger partial charge is 0.489 e. The Labute approximate surface area is 183 Å². The zero-order valence-corrected chi connectivity index (χ0v) is 17.6. The number of oxazole rings is 1. The van der Waals surface area contributed by atoms with Gasteiger partial charge in [0.1, 0.15) is 6.23 Å². The molecule has 11 heteroatoms. The lowest BCUT2D eigenvalue weighted by Gasteiger charge is -2.30. The molecule has 4 N–H and O–H groups in total. The molecule has 9 nitrogen and oxygen atoms in total. The quantitative estimate of drug-likeness (QED) is 0.557. The Kier molecular flexibility index (Phi) is 6.58. The summed E-state index contributed by atoms with van der Waals surface area (Å²) in [6, 6.07) is 3.74. The topological polar surface area (TPSA) is 123 Å². The van der Waals surface area contributed by atoms with Crippen molar-refractivity contribution in [3.63, 3.8) is 0 Å². The highest BCUT2D eigenvalue weighted by Gasteiger charge is 2.30. The van der Waals surface area contributed by atoms with Gasteiger partial charge in [0.05, 0.1) is 19.2 Å². The SMILES string of the molecule is CC(N)c1oc(-c2ccc(OC(F)F)c(OCC3CC3)c2)nc1C(=O)N1CCN[C@@H](O)C1. The maximum absolute atomic E-state index is 13.0. The maximum Gasteiger partial charge on any atom is 0.387 e. The Bertz CT molecular complexity index is 964. The molecule has 174 valence electrons. The molecule has 32 heavy (non-hydrogen) atoms. The number of aliphatic hydroxyl groups is 1. The number of nitrogens with two attached hydrogens (primary N) is 1. The Balaban J connectivity index is 1.64. The number of nitrogens with one attached hydrogen (secondary N) is 1. The third-order valence-electron chi connectivity index (χ3n) is 5.29. The van der Waals surface area contributed by atoms with Gasteiger partial charge in [-0.05, 0) is 43.9 Å². The van der Waals surface area contributed by atoms with Crippen molar-refractivity contribution in [2.75, 3.05) is 26.2 Å². The van der Waals surface area contributed by atoms with E-state index in [1.54, 1.807) is 6.92 Å². The molecule has 2 aliphatic rings. The van der Waals surface area contributed by atoms with Gasteiger partial charge in [0, 0.05) is 18.7 Å². The molecule has 1 aromatic carbocycles. The van der Waals surface area contributed by atoms with Gasteiger partial charge in [-0.3, -0.25) is 10.1 Å². The van der Waals surface area contributed by atoms with Crippen LogP contribution in [0.25, 0.3) is 11.5 Å². The molecular weight excluding hydrogens is 426 g/mol. The van der Waals surface area contributed by atoms with Gasteiger partial charge < -0.3 is 29.6 Å². The van der Waals surface area contributed by atoms with Crippen LogP contribution in [-0.2, 0) is 0 Å². The third kappa shape index (κ3) is 5.17. The molecule has 1 aromatic heterocycles. The number of aliphatic hydroxyl groups excluding tert-OH is 1. The van der Waals surface area contributed by atoms with E-state index in [0.717, 1.165) is 12.8 Å². The molecule has 1 amide bonds. The van der Waals surface area contributed by atoms with Crippen molar-refractivity contribution >= 4 is 5.91 Å². The fourth-order valence-corrected chi connectivity index (χ4v) is 3.42. The van der Waals surface area contributed by atoms with Crippen molar-refractivity contribution in [1.29, 1.82) is 0 Å². The molecule has 0 radical (unpaired) electrons. The summed E-state index contributed by atoms with van der Waals surface area (Å²) in [7, 11) is 0. The molecule has 1 aliphatic carbocycles. The summed E-state index contributed by atoms with van der Waals surface area (Å²) in [5, 5.41) is 12.6. The number of hydrogen-bond acceptors (Lipinski definition) is 8. The van der Waals surface area contributed by atoms with Gasteiger partial charge in [-0.2, -0.15) is 8.78 Å². The van der Waals surface area contributed by atoms with Crippen LogP contribution in [0.1, 0.15) is 42.1 Å². The number of alkyl halides is 2. The first-order valence-corrected chi connectivity index (χ1v) is 10.5. The molecule has 1 aliphatic heterocycles. The molecule has 2 fully saturated rings. The molecular formula is C21H26F2N4O5. The number of ether oxygens (including phenoxy) is 2. The van der Waals surface area contributed by atoms with Gasteiger partial charge >= 0.3 is 6.61 Å². The molecule has 2 aromatic rings. The zero-order valence-electron chi connectivity index (χ0n) is 17.6. The number of carbonyl (C=O) groups excluding carboxylic acids is 1. The highest BCUT2D eigenvalue weighted by atomic mass is 19.3. The number of β-amino-alcohol motifs (C(OH)–C–C–N with tert-alkyl or cyclic N) is 1. The minimum Gasteiger partial charge on any atom is -0.489 e. The van der Waals surface area contributed by atoms with Crippen molar-refractivity contribution in [3.05, 3.63) is 29.7 Å². The summed E-state index contributed by atoms with van der Waals surface area (Å²) in [6.07, 6.45) is 1.24. The molecule has 1 unspecified atom stereocenters. The first-order chi connectivity index (χ1) is 15.3. The Hall–Kier alpha value is -2.76. The molecule has 4 rings (SSSR count). The van der Waals surface area contributed by atoms with Crippen LogP contribution in [0.15, 0.2) is 22.6 Å². The minimum atomic E-state index is -2.99. The van der Waals surface area contributed by atoms with E-state index in [-0.39, 0.29) is 35.4 Å². The molecule has 0 bridgehead atoms. The van der Waals surface area contributed by atoms with E-state index >= 15 is 0 Å². The van der Waals surface area contributed by atoms with Crippen LogP contribution < -0.4 is 20.5 Å². The highest BCUT2D eigenvalue weighted by Crippen LogP contribution is 2.37. The number of nitrogens with zero attached hydrogens (tertiary/aromatic N) is 2. The van der Waals surface area contributed by atoms with Crippen LogP contribution in [0.5, 0.6) is 11.5 Å². The van der Waals surface area contributed by atoms with Crippen molar-refractivity contribution in [2.45, 2.75) is 38.6 Å². The molecule has 1 saturated heterocycles. The number of piperazine rings is 1. The van der Waals surface area contributed by atoms with Gasteiger partial charge in [0.25, 0.3) is 5.91 Å². The van der Waals surface area contributed by atoms with E-state index in [4.69, 9.17) is 14.9 Å². The lowest BCUT2D eigenvalue weighted by atomic mass is 10.2. The average molecular weight is 452 g/mol. The fourth-order valence-electron chi connectivity index (χ4n) is 3.42. The summed E-state index contributed by atoms with van der Waals surface area (Å²) in [5.41, 5.74) is 6.49. The Morgan fingerprint density at radius 3 is 2.84 bits per heavy atom. The van der Waals surface area contributed by atoms with Crippen LogP contribution in [0, 0.1) is 5.92 Å². The average Bonchev–Trinajstić information content (AvgIpc) is 3.47. The number of rotatable bonds is 8. The monoisotopic (exact) mass is 452 g/mol. The highest BCUT2D eigenvalue weighted by molar-refractivity contribution is 5.94. The van der Waals surface area contributed by atoms with E-state index < -0.39 is 24.8 Å². The van der Waals surface area contributed by atoms with E-state index in [1.165, 1.54) is 23.1 Å². The number of amides is 1. The summed E-state index contributed by atoms with van der Waals surface area (Å²) < 4.78 is 41.6. The third-order valence-corrected chi connectivity index (χ3v) is 5.29. The van der Waals surface area contributed by atoms with Crippen molar-refractivity contribution in [2.24, 2.45) is 11.7 Å². The van der Waals surface area contributed by atoms with Crippen LogP contribution >= 0.6 is 0 Å². The predicted molar refractivity (Wildman–Crippen MR) is 109 cm³/mol. The van der Waals surface area contributed by atoms with Gasteiger partial charge in [-0.1, -0.05) is 0 Å². The van der Waals surface area contributed by atoms with Crippen molar-refractivity contribution < 1.29 is 32.6 Å². The second kappa shape index (κ2) is 9.39. The van der Waals surface area contributed by atoms with Crippen molar-refractivity contribution in [3.8, 4) is 23.0 Å². The van der Waals surface area contributed by atoms with Crippen LogP contribution in [-0.4, -0.2) is 60.0 Å². The fraction of sp³-hybridized carbons (Fsp3) is 0.524. The number of aromatic nitrogens is 1. The van der Waals surface area contributed by atoms with Crippen molar-refractivity contribution in [1.82, 2.24) is 15.2 Å². The Morgan fingerprint density at radius 1 is 1.41 bits per heavy atom. The number of benzene rings is 1. The van der Waals surface area contributed by atoms with Gasteiger partial charge in [0.2, 0.25) is 5.89 Å². The van der Waals surface area contributed by atoms with Gasteiger partial charge in [-0.25, -0.2) is 4.98 Å². The summed E-state index contributed by atoms with van der Waals surface area (Å²) in [5.74, 6) is 0.365.